The van der Waals surface area contributed by atoms with E-state index < -0.39 is 0 Å². The molecule has 0 saturated carbocycles. The van der Waals surface area contributed by atoms with Crippen molar-refractivity contribution >= 4 is 34.8 Å². The fourth-order valence-electron chi connectivity index (χ4n) is 3.44. The van der Waals surface area contributed by atoms with Gasteiger partial charge in [0.05, 0.1) is 43.1 Å². The van der Waals surface area contributed by atoms with Crippen LogP contribution in [0.3, 0.4) is 0 Å². The molecule has 11 heteroatoms. The first-order valence-corrected chi connectivity index (χ1v) is 11.3. The zero-order valence-electron chi connectivity index (χ0n) is 20.2. The van der Waals surface area contributed by atoms with Crippen molar-refractivity contribution in [2.24, 2.45) is 0 Å². The van der Waals surface area contributed by atoms with Crippen LogP contribution in [0.1, 0.15) is 16.1 Å². The number of anilines is 3. The molecule has 2 N–H and O–H groups in total. The van der Waals surface area contributed by atoms with Crippen molar-refractivity contribution in [3.8, 4) is 22.9 Å². The first-order chi connectivity index (χ1) is 17.4. The summed E-state index contributed by atoms with van der Waals surface area (Å²) in [6.45, 7) is 1.69. The van der Waals surface area contributed by atoms with Gasteiger partial charge >= 0.3 is 0 Å². The number of hydrogen-bond acceptors (Lipinski definition) is 9. The Balaban J connectivity index is 1.47. The molecule has 0 fully saturated rings. The molecule has 10 nitrogen and oxygen atoms in total. The summed E-state index contributed by atoms with van der Waals surface area (Å²) in [5, 5.41) is 6.41. The molecule has 0 aliphatic heterocycles. The molecule has 0 aliphatic carbocycles. The standard InChI is InChI=1S/C25H25ClN6O4/c1-15-12-32(14-29-15)20-8-5-16(9-22(20)35-4)30-25-28-11-23(24(27-2)31-25)36-13-21(33)18-7-6-17(34-3)10-19(18)26/h5-12,14H,13H2,1-4H3,(H2,27,28,30,31). The lowest BCUT2D eigenvalue weighted by atomic mass is 10.1. The first kappa shape index (κ1) is 24.8. The van der Waals surface area contributed by atoms with Crippen LogP contribution in [-0.4, -0.2) is 53.2 Å². The topological polar surface area (TPSA) is 112 Å². The predicted octanol–water partition coefficient (Wildman–Crippen LogP) is 4.69. The lowest BCUT2D eigenvalue weighted by Crippen LogP contribution is -2.14. The van der Waals surface area contributed by atoms with E-state index in [9.17, 15) is 4.79 Å². The SMILES string of the molecule is CNc1nc(Nc2ccc(-n3cnc(C)c3)c(OC)c2)ncc1OCC(=O)c1ccc(OC)cc1Cl. The normalized spacial score (nSPS) is 10.6. The molecule has 0 saturated heterocycles. The number of Topliss-reactive ketones (excluding diaryl/α,β-unsaturated/α-hetero) is 1. The molecule has 2 heterocycles. The molecule has 0 spiro atoms. The molecule has 0 atom stereocenters. The quantitative estimate of drug-likeness (QED) is 0.294. The van der Waals surface area contributed by atoms with Crippen molar-refractivity contribution < 1.29 is 19.0 Å². The van der Waals surface area contributed by atoms with Crippen LogP contribution in [-0.2, 0) is 0 Å². The Labute approximate surface area is 213 Å². The minimum atomic E-state index is -0.285. The van der Waals surface area contributed by atoms with Crippen molar-refractivity contribution in [1.29, 1.82) is 0 Å². The average molecular weight is 509 g/mol. The molecule has 0 unspecified atom stereocenters. The predicted molar refractivity (Wildman–Crippen MR) is 138 cm³/mol. The highest BCUT2D eigenvalue weighted by molar-refractivity contribution is 6.34. The van der Waals surface area contributed by atoms with Crippen LogP contribution >= 0.6 is 11.6 Å². The third-order valence-corrected chi connectivity index (χ3v) is 5.57. The maximum atomic E-state index is 12.6. The van der Waals surface area contributed by atoms with Crippen molar-refractivity contribution in [2.75, 3.05) is 38.5 Å². The van der Waals surface area contributed by atoms with Crippen LogP contribution in [0, 0.1) is 6.92 Å². The van der Waals surface area contributed by atoms with Crippen molar-refractivity contribution in [3.63, 3.8) is 0 Å². The molecule has 4 rings (SSSR count). The van der Waals surface area contributed by atoms with Crippen molar-refractivity contribution in [3.05, 3.63) is 71.4 Å². The summed E-state index contributed by atoms with van der Waals surface area (Å²) >= 11 is 6.19. The Bertz CT molecular complexity index is 1390. The second-order valence-electron chi connectivity index (χ2n) is 7.65. The Morgan fingerprint density at radius 1 is 1.08 bits per heavy atom. The van der Waals surface area contributed by atoms with Crippen LogP contribution in [0.2, 0.25) is 5.02 Å². The zero-order valence-corrected chi connectivity index (χ0v) is 21.0. The minimum Gasteiger partial charge on any atom is -0.497 e. The summed E-state index contributed by atoms with van der Waals surface area (Å²) in [7, 11) is 4.84. The third-order valence-electron chi connectivity index (χ3n) is 5.25. The van der Waals surface area contributed by atoms with E-state index in [0.29, 0.717) is 34.6 Å². The maximum absolute atomic E-state index is 12.6. The van der Waals surface area contributed by atoms with Crippen LogP contribution in [0.25, 0.3) is 5.69 Å². The highest BCUT2D eigenvalue weighted by Gasteiger charge is 2.15. The summed E-state index contributed by atoms with van der Waals surface area (Å²) in [5.41, 5.74) is 2.83. The number of hydrogen-bond donors (Lipinski definition) is 2. The largest absolute Gasteiger partial charge is 0.497 e. The lowest BCUT2D eigenvalue weighted by Gasteiger charge is -2.14. The van der Waals surface area contributed by atoms with E-state index >= 15 is 0 Å². The van der Waals surface area contributed by atoms with E-state index in [1.165, 1.54) is 13.3 Å². The van der Waals surface area contributed by atoms with Crippen LogP contribution in [0.15, 0.2) is 55.1 Å². The van der Waals surface area contributed by atoms with Crippen molar-refractivity contribution in [1.82, 2.24) is 19.5 Å². The number of aromatic nitrogens is 4. The number of carbonyl (C=O) groups is 1. The number of ketones is 1. The number of carbonyl (C=O) groups excluding carboxylic acids is 1. The van der Waals surface area contributed by atoms with E-state index in [0.717, 1.165) is 17.1 Å². The first-order valence-electron chi connectivity index (χ1n) is 10.9. The van der Waals surface area contributed by atoms with Gasteiger partial charge in [-0.05, 0) is 37.3 Å². The molecular formula is C25H25ClN6O4. The van der Waals surface area contributed by atoms with Gasteiger partial charge in [0.1, 0.15) is 11.5 Å². The summed E-state index contributed by atoms with van der Waals surface area (Å²) in [5.74, 6) is 2.01. The number of nitrogens with one attached hydrogen (secondary N) is 2. The van der Waals surface area contributed by atoms with Gasteiger partial charge in [-0.1, -0.05) is 11.6 Å². The van der Waals surface area contributed by atoms with Crippen molar-refractivity contribution in [2.45, 2.75) is 6.92 Å². The molecule has 36 heavy (non-hydrogen) atoms. The number of aryl methyl sites for hydroxylation is 1. The van der Waals surface area contributed by atoms with Gasteiger partial charge in [-0.2, -0.15) is 4.98 Å². The van der Waals surface area contributed by atoms with Crippen LogP contribution < -0.4 is 24.8 Å². The highest BCUT2D eigenvalue weighted by atomic mass is 35.5. The second kappa shape index (κ2) is 11.0. The minimum absolute atomic E-state index is 0.233. The van der Waals surface area contributed by atoms with Gasteiger partial charge in [0.25, 0.3) is 0 Å². The summed E-state index contributed by atoms with van der Waals surface area (Å²) < 4.78 is 18.2. The second-order valence-corrected chi connectivity index (χ2v) is 8.06. The molecule has 186 valence electrons. The summed E-state index contributed by atoms with van der Waals surface area (Å²) in [6.07, 6.45) is 5.14. The number of nitrogens with zero attached hydrogens (tertiary/aromatic N) is 4. The average Bonchev–Trinajstić information content (AvgIpc) is 3.33. The zero-order chi connectivity index (χ0) is 25.7. The van der Waals surface area contributed by atoms with Crippen LogP contribution in [0.4, 0.5) is 17.5 Å². The number of rotatable bonds is 10. The maximum Gasteiger partial charge on any atom is 0.229 e. The fraction of sp³-hybridized carbons (Fsp3) is 0.200. The van der Waals surface area contributed by atoms with E-state index in [-0.39, 0.29) is 17.4 Å². The Morgan fingerprint density at radius 2 is 1.92 bits per heavy atom. The molecule has 4 aromatic rings. The Hall–Kier alpha value is -4.31. The lowest BCUT2D eigenvalue weighted by molar-refractivity contribution is 0.0922. The number of benzene rings is 2. The van der Waals surface area contributed by atoms with E-state index in [1.54, 1.807) is 38.7 Å². The van der Waals surface area contributed by atoms with Gasteiger partial charge in [0.15, 0.2) is 18.2 Å². The van der Waals surface area contributed by atoms with E-state index in [2.05, 4.69) is 25.6 Å². The fourth-order valence-corrected chi connectivity index (χ4v) is 3.71. The molecule has 0 aliphatic rings. The highest BCUT2D eigenvalue weighted by Crippen LogP contribution is 2.29. The molecule has 0 radical (unpaired) electrons. The summed E-state index contributed by atoms with van der Waals surface area (Å²) in [4.78, 5) is 25.6. The Kier molecular flexibility index (Phi) is 7.55. The molecule has 2 aromatic heterocycles. The van der Waals surface area contributed by atoms with Gasteiger partial charge in [-0.3, -0.25) is 4.79 Å². The van der Waals surface area contributed by atoms with E-state index in [1.807, 2.05) is 35.9 Å². The molecule has 2 aromatic carbocycles. The smallest absolute Gasteiger partial charge is 0.229 e. The molecule has 0 bridgehead atoms. The summed E-state index contributed by atoms with van der Waals surface area (Å²) in [6, 6.07) is 10.5. The Morgan fingerprint density at radius 3 is 2.58 bits per heavy atom. The van der Waals surface area contributed by atoms with E-state index in [4.69, 9.17) is 25.8 Å². The number of imidazole rings is 1. The molecular weight excluding hydrogens is 484 g/mol. The number of ether oxygens (including phenoxy) is 3. The monoisotopic (exact) mass is 508 g/mol. The number of methoxy groups -OCH3 is 2. The van der Waals surface area contributed by atoms with Crippen LogP contribution in [0.5, 0.6) is 17.2 Å². The van der Waals surface area contributed by atoms with Gasteiger partial charge in [0, 0.05) is 30.6 Å². The number of halogens is 1. The van der Waals surface area contributed by atoms with Gasteiger partial charge in [-0.15, -0.1) is 0 Å². The molecule has 0 amide bonds. The van der Waals surface area contributed by atoms with Gasteiger partial charge < -0.3 is 29.4 Å². The van der Waals surface area contributed by atoms with Gasteiger partial charge in [-0.25, -0.2) is 9.97 Å². The van der Waals surface area contributed by atoms with Gasteiger partial charge in [0.2, 0.25) is 11.7 Å². The third kappa shape index (κ3) is 5.49.